The molecule has 0 aliphatic carbocycles. The summed E-state index contributed by atoms with van der Waals surface area (Å²) in [5.41, 5.74) is 1.59. The number of benzene rings is 1. The predicted molar refractivity (Wildman–Crippen MR) is 92.1 cm³/mol. The number of aryl methyl sites for hydroxylation is 1. The molecule has 128 valence electrons. The van der Waals surface area contributed by atoms with Gasteiger partial charge < -0.3 is 14.6 Å². The van der Waals surface area contributed by atoms with Crippen LogP contribution in [0.15, 0.2) is 53.3 Å². The van der Waals surface area contributed by atoms with E-state index in [9.17, 15) is 4.79 Å². The summed E-state index contributed by atoms with van der Waals surface area (Å²) in [7, 11) is 1.60. The van der Waals surface area contributed by atoms with Gasteiger partial charge in [0.2, 0.25) is 17.6 Å². The number of carbonyl (C=O) groups is 1. The fourth-order valence-corrected chi connectivity index (χ4v) is 2.27. The van der Waals surface area contributed by atoms with Crippen LogP contribution in [-0.2, 0) is 11.2 Å². The van der Waals surface area contributed by atoms with E-state index in [0.717, 1.165) is 17.0 Å². The normalized spacial score (nSPS) is 10.4. The number of rotatable bonds is 7. The lowest BCUT2D eigenvalue weighted by atomic mass is 10.2. The van der Waals surface area contributed by atoms with E-state index in [-0.39, 0.29) is 5.91 Å². The molecule has 7 heteroatoms. The maximum atomic E-state index is 12.0. The van der Waals surface area contributed by atoms with Gasteiger partial charge in [0.05, 0.1) is 7.11 Å². The molecule has 0 atom stereocenters. The summed E-state index contributed by atoms with van der Waals surface area (Å²) in [4.78, 5) is 20.3. The van der Waals surface area contributed by atoms with Crippen molar-refractivity contribution in [1.82, 2.24) is 15.1 Å². The van der Waals surface area contributed by atoms with Gasteiger partial charge in [0.15, 0.2) is 0 Å². The zero-order valence-corrected chi connectivity index (χ0v) is 13.8. The molecule has 3 rings (SSSR count). The van der Waals surface area contributed by atoms with Crippen LogP contribution >= 0.6 is 0 Å². The van der Waals surface area contributed by atoms with E-state index in [4.69, 9.17) is 9.26 Å². The molecule has 0 radical (unpaired) electrons. The number of hydrogen-bond donors (Lipinski definition) is 1. The number of anilines is 1. The number of pyridine rings is 1. The van der Waals surface area contributed by atoms with Crippen molar-refractivity contribution < 1.29 is 14.1 Å². The van der Waals surface area contributed by atoms with Gasteiger partial charge in [0, 0.05) is 36.5 Å². The van der Waals surface area contributed by atoms with Crippen molar-refractivity contribution in [2.24, 2.45) is 0 Å². The molecule has 0 saturated heterocycles. The van der Waals surface area contributed by atoms with Gasteiger partial charge in [-0.15, -0.1) is 0 Å². The molecule has 0 spiro atoms. The van der Waals surface area contributed by atoms with Gasteiger partial charge >= 0.3 is 0 Å². The summed E-state index contributed by atoms with van der Waals surface area (Å²) in [5.74, 6) is 1.74. The lowest BCUT2D eigenvalue weighted by Crippen LogP contribution is -2.11. The number of hydrogen-bond acceptors (Lipinski definition) is 6. The minimum absolute atomic E-state index is 0.0564. The maximum Gasteiger partial charge on any atom is 0.226 e. The van der Waals surface area contributed by atoms with E-state index in [2.05, 4.69) is 20.4 Å². The van der Waals surface area contributed by atoms with Gasteiger partial charge in [0.1, 0.15) is 5.75 Å². The molecule has 2 heterocycles. The van der Waals surface area contributed by atoms with Crippen LogP contribution in [0.25, 0.3) is 11.4 Å². The quantitative estimate of drug-likeness (QED) is 0.712. The summed E-state index contributed by atoms with van der Waals surface area (Å²) in [5, 5.41) is 6.78. The van der Waals surface area contributed by atoms with Crippen molar-refractivity contribution in [2.75, 3.05) is 12.4 Å². The van der Waals surface area contributed by atoms with Gasteiger partial charge in [-0.2, -0.15) is 4.98 Å². The largest absolute Gasteiger partial charge is 0.497 e. The summed E-state index contributed by atoms with van der Waals surface area (Å²) >= 11 is 0. The Morgan fingerprint density at radius 1 is 1.16 bits per heavy atom. The number of methoxy groups -OCH3 is 1. The van der Waals surface area contributed by atoms with Crippen LogP contribution in [0.2, 0.25) is 0 Å². The highest BCUT2D eigenvalue weighted by atomic mass is 16.5. The summed E-state index contributed by atoms with van der Waals surface area (Å²) < 4.78 is 10.3. The Hall–Kier alpha value is -3.22. The molecule has 0 bridgehead atoms. The molecule has 7 nitrogen and oxygen atoms in total. The highest BCUT2D eigenvalue weighted by Gasteiger charge is 2.09. The number of ether oxygens (including phenoxy) is 1. The van der Waals surface area contributed by atoms with Crippen LogP contribution < -0.4 is 10.1 Å². The predicted octanol–water partition coefficient (Wildman–Crippen LogP) is 3.10. The second kappa shape index (κ2) is 8.05. The molecule has 0 saturated carbocycles. The molecule has 1 amide bonds. The number of nitrogens with one attached hydrogen (secondary N) is 1. The number of nitrogens with zero attached hydrogens (tertiary/aromatic N) is 3. The SMILES string of the molecule is COc1ccc(NC(=O)CCCc2nc(-c3ccncc3)no2)cc1. The highest BCUT2D eigenvalue weighted by molar-refractivity contribution is 5.90. The average molecular weight is 338 g/mol. The third-order valence-electron chi connectivity index (χ3n) is 3.57. The van der Waals surface area contributed by atoms with E-state index in [1.54, 1.807) is 43.8 Å². The van der Waals surface area contributed by atoms with Crippen LogP contribution in [0.3, 0.4) is 0 Å². The topological polar surface area (TPSA) is 90.1 Å². The molecule has 0 aliphatic heterocycles. The smallest absolute Gasteiger partial charge is 0.226 e. The molecule has 3 aromatic rings. The maximum absolute atomic E-state index is 12.0. The fraction of sp³-hybridized carbons (Fsp3) is 0.222. The van der Waals surface area contributed by atoms with Crippen LogP contribution in [-0.4, -0.2) is 28.1 Å². The van der Waals surface area contributed by atoms with E-state index < -0.39 is 0 Å². The Kier molecular flexibility index (Phi) is 5.36. The minimum atomic E-state index is -0.0564. The Balaban J connectivity index is 1.46. The van der Waals surface area contributed by atoms with Crippen molar-refractivity contribution in [2.45, 2.75) is 19.3 Å². The lowest BCUT2D eigenvalue weighted by molar-refractivity contribution is -0.116. The second-order valence-electron chi connectivity index (χ2n) is 5.38. The molecule has 1 N–H and O–H groups in total. The van der Waals surface area contributed by atoms with Crippen LogP contribution in [0, 0.1) is 0 Å². The van der Waals surface area contributed by atoms with Crippen LogP contribution in [0.4, 0.5) is 5.69 Å². The van der Waals surface area contributed by atoms with Gasteiger partial charge in [0.25, 0.3) is 0 Å². The van der Waals surface area contributed by atoms with E-state index >= 15 is 0 Å². The lowest BCUT2D eigenvalue weighted by Gasteiger charge is -2.05. The molecule has 0 aliphatic rings. The molecule has 25 heavy (non-hydrogen) atoms. The van der Waals surface area contributed by atoms with Crippen molar-refractivity contribution in [3.63, 3.8) is 0 Å². The molecule has 2 aromatic heterocycles. The molecule has 1 aromatic carbocycles. The van der Waals surface area contributed by atoms with Gasteiger partial charge in [-0.25, -0.2) is 0 Å². The molecular weight excluding hydrogens is 320 g/mol. The third-order valence-corrected chi connectivity index (χ3v) is 3.57. The summed E-state index contributed by atoms with van der Waals surface area (Å²) in [6.07, 6.45) is 4.90. The first-order chi connectivity index (χ1) is 12.2. The van der Waals surface area contributed by atoms with Gasteiger partial charge in [-0.05, 0) is 42.8 Å². The zero-order valence-electron chi connectivity index (χ0n) is 13.8. The Labute approximate surface area is 145 Å². The summed E-state index contributed by atoms with van der Waals surface area (Å²) in [6, 6.07) is 10.8. The monoisotopic (exact) mass is 338 g/mol. The van der Waals surface area contributed by atoms with Crippen molar-refractivity contribution in [3.8, 4) is 17.1 Å². The first-order valence-corrected chi connectivity index (χ1v) is 7.91. The Morgan fingerprint density at radius 2 is 1.92 bits per heavy atom. The van der Waals surface area contributed by atoms with Crippen molar-refractivity contribution in [1.29, 1.82) is 0 Å². The molecule has 0 fully saturated rings. The van der Waals surface area contributed by atoms with E-state index in [1.165, 1.54) is 0 Å². The molecule has 0 unspecified atom stereocenters. The van der Waals surface area contributed by atoms with Crippen molar-refractivity contribution in [3.05, 3.63) is 54.7 Å². The highest BCUT2D eigenvalue weighted by Crippen LogP contribution is 2.16. The number of carbonyl (C=O) groups excluding carboxylic acids is 1. The van der Waals surface area contributed by atoms with Gasteiger partial charge in [-0.1, -0.05) is 5.16 Å². The number of amides is 1. The van der Waals surface area contributed by atoms with E-state index in [1.807, 2.05) is 12.1 Å². The molecular formula is C18H18N4O3. The second-order valence-corrected chi connectivity index (χ2v) is 5.38. The van der Waals surface area contributed by atoms with Crippen LogP contribution in [0.5, 0.6) is 5.75 Å². The van der Waals surface area contributed by atoms with Crippen molar-refractivity contribution >= 4 is 11.6 Å². The first kappa shape index (κ1) is 16.6. The standard InChI is InChI=1S/C18H18N4O3/c1-24-15-7-5-14(6-8-15)20-16(23)3-2-4-17-21-18(22-25-17)13-9-11-19-12-10-13/h5-12H,2-4H2,1H3,(H,20,23). The third kappa shape index (κ3) is 4.63. The minimum Gasteiger partial charge on any atom is -0.497 e. The number of aromatic nitrogens is 3. The fourth-order valence-electron chi connectivity index (χ4n) is 2.27. The first-order valence-electron chi connectivity index (χ1n) is 7.91. The Morgan fingerprint density at radius 3 is 2.64 bits per heavy atom. The summed E-state index contributed by atoms with van der Waals surface area (Å²) in [6.45, 7) is 0. The van der Waals surface area contributed by atoms with E-state index in [0.29, 0.717) is 31.0 Å². The Bertz CT molecular complexity index is 816. The van der Waals surface area contributed by atoms with Crippen LogP contribution in [0.1, 0.15) is 18.7 Å². The van der Waals surface area contributed by atoms with Gasteiger partial charge in [-0.3, -0.25) is 9.78 Å². The average Bonchev–Trinajstić information content (AvgIpc) is 3.12. The zero-order chi connectivity index (χ0) is 17.5.